The van der Waals surface area contributed by atoms with E-state index in [1.54, 1.807) is 23.5 Å². The molecule has 0 unspecified atom stereocenters. The fraction of sp³-hybridized carbons (Fsp3) is 0.250. The van der Waals surface area contributed by atoms with Crippen LogP contribution in [0.5, 0.6) is 0 Å². The van der Waals surface area contributed by atoms with Crippen LogP contribution in [0, 0.1) is 0 Å². The molecule has 2 aromatic carbocycles. The Morgan fingerprint density at radius 1 is 1.19 bits per heavy atom. The highest BCUT2D eigenvalue weighted by atomic mass is 32.1. The van der Waals surface area contributed by atoms with Crippen LogP contribution in [0.3, 0.4) is 0 Å². The van der Waals surface area contributed by atoms with Crippen LogP contribution in [0.1, 0.15) is 39.8 Å². The van der Waals surface area contributed by atoms with Gasteiger partial charge in [-0.15, -0.1) is 11.3 Å². The molecule has 7 heteroatoms. The smallest absolute Gasteiger partial charge is 0.312 e. The van der Waals surface area contributed by atoms with E-state index in [1.807, 2.05) is 35.2 Å². The molecule has 0 saturated carbocycles. The lowest BCUT2D eigenvalue weighted by molar-refractivity contribution is 0.0735. The largest absolute Gasteiger partial charge is 0.352 e. The van der Waals surface area contributed by atoms with E-state index in [2.05, 4.69) is 11.4 Å². The molecule has 0 radical (unpaired) electrons. The summed E-state index contributed by atoms with van der Waals surface area (Å²) in [5.74, 6) is 0.0196. The highest BCUT2D eigenvalue weighted by Crippen LogP contribution is 2.37. The van der Waals surface area contributed by atoms with Gasteiger partial charge in [-0.2, -0.15) is 0 Å². The van der Waals surface area contributed by atoms with Crippen molar-refractivity contribution in [3.8, 4) is 0 Å². The summed E-state index contributed by atoms with van der Waals surface area (Å²) in [5.41, 5.74) is 7.61. The third-order valence-electron chi connectivity index (χ3n) is 4.78. The summed E-state index contributed by atoms with van der Waals surface area (Å²) < 4.78 is 1.15. The molecule has 27 heavy (non-hydrogen) atoms. The van der Waals surface area contributed by atoms with Gasteiger partial charge in [-0.1, -0.05) is 24.3 Å². The molecular weight excluding hydrogens is 360 g/mol. The monoisotopic (exact) mass is 380 g/mol. The van der Waals surface area contributed by atoms with Crippen LogP contribution in [-0.2, 0) is 6.54 Å². The molecule has 1 aromatic heterocycles. The minimum Gasteiger partial charge on any atom is -0.352 e. The molecule has 6 nitrogen and oxygen atoms in total. The Hall–Kier alpha value is -2.93. The third-order valence-corrected chi connectivity index (χ3v) is 5.91. The van der Waals surface area contributed by atoms with E-state index in [0.29, 0.717) is 12.1 Å². The summed E-state index contributed by atoms with van der Waals surface area (Å²) in [7, 11) is 0. The predicted molar refractivity (Wildman–Crippen MR) is 105 cm³/mol. The number of nitrogens with one attached hydrogen (secondary N) is 1. The maximum absolute atomic E-state index is 13.0. The molecule has 3 aromatic rings. The number of benzene rings is 2. The molecule has 1 aliphatic heterocycles. The first kappa shape index (κ1) is 17.5. The summed E-state index contributed by atoms with van der Waals surface area (Å²) >= 11 is 1.67. The fourth-order valence-corrected chi connectivity index (χ4v) is 4.53. The number of primary amides is 1. The number of carbonyl (C=O) groups is 2. The number of fused-ring (bicyclic) bond motifs is 1. The van der Waals surface area contributed by atoms with E-state index in [9.17, 15) is 9.59 Å². The number of rotatable bonds is 4. The molecule has 0 spiro atoms. The van der Waals surface area contributed by atoms with Gasteiger partial charge in [-0.3, -0.25) is 4.79 Å². The van der Waals surface area contributed by atoms with E-state index in [0.717, 1.165) is 40.2 Å². The lowest BCUT2D eigenvalue weighted by Gasteiger charge is -2.23. The highest BCUT2D eigenvalue weighted by molar-refractivity contribution is 7.18. The number of amides is 3. The van der Waals surface area contributed by atoms with Gasteiger partial charge >= 0.3 is 6.03 Å². The van der Waals surface area contributed by atoms with Crippen LogP contribution in [0.15, 0.2) is 48.5 Å². The number of likely N-dealkylation sites (tertiary alicyclic amines) is 1. The number of hydrogen-bond acceptors (Lipinski definition) is 4. The van der Waals surface area contributed by atoms with Gasteiger partial charge in [0, 0.05) is 18.7 Å². The lowest BCUT2D eigenvalue weighted by atomic mass is 10.1. The average Bonchev–Trinajstić information content (AvgIpc) is 3.32. The van der Waals surface area contributed by atoms with E-state index in [1.165, 1.54) is 0 Å². The van der Waals surface area contributed by atoms with Crippen LogP contribution >= 0.6 is 11.3 Å². The van der Waals surface area contributed by atoms with E-state index < -0.39 is 6.03 Å². The van der Waals surface area contributed by atoms with Crippen molar-refractivity contribution in [2.75, 3.05) is 6.54 Å². The summed E-state index contributed by atoms with van der Waals surface area (Å²) in [5, 5.41) is 3.55. The molecule has 1 atom stereocenters. The molecule has 1 aliphatic rings. The summed E-state index contributed by atoms with van der Waals surface area (Å²) in [6.07, 6.45) is 1.92. The zero-order valence-electron chi connectivity index (χ0n) is 14.7. The Balaban J connectivity index is 1.52. The van der Waals surface area contributed by atoms with Crippen molar-refractivity contribution in [2.24, 2.45) is 5.73 Å². The zero-order chi connectivity index (χ0) is 18.8. The molecule has 0 aliphatic carbocycles. The summed E-state index contributed by atoms with van der Waals surface area (Å²) in [6.45, 7) is 1.09. The number of urea groups is 1. The Labute approximate surface area is 161 Å². The van der Waals surface area contributed by atoms with Crippen molar-refractivity contribution in [2.45, 2.75) is 25.4 Å². The SMILES string of the molecule is NC(=O)NCc1ccc(C(=O)N2CCC[C@H]2c2nc3ccccc3s2)cc1. The van der Waals surface area contributed by atoms with Gasteiger partial charge in [0.1, 0.15) is 5.01 Å². The van der Waals surface area contributed by atoms with Crippen molar-refractivity contribution in [3.05, 3.63) is 64.7 Å². The number of para-hydroxylation sites is 1. The van der Waals surface area contributed by atoms with Gasteiger partial charge in [-0.25, -0.2) is 9.78 Å². The van der Waals surface area contributed by atoms with Gasteiger partial charge in [0.15, 0.2) is 0 Å². The predicted octanol–water partition coefficient (Wildman–Crippen LogP) is 3.44. The van der Waals surface area contributed by atoms with E-state index in [4.69, 9.17) is 10.7 Å². The van der Waals surface area contributed by atoms with Crippen molar-refractivity contribution in [1.29, 1.82) is 0 Å². The highest BCUT2D eigenvalue weighted by Gasteiger charge is 2.32. The third kappa shape index (κ3) is 3.64. The molecular formula is C20H20N4O2S. The number of carbonyl (C=O) groups excluding carboxylic acids is 2. The second-order valence-corrected chi connectivity index (χ2v) is 7.65. The molecule has 4 rings (SSSR count). The molecule has 0 bridgehead atoms. The number of aromatic nitrogens is 1. The minimum atomic E-state index is -0.564. The Bertz CT molecular complexity index is 950. The molecule has 2 heterocycles. The number of nitrogens with zero attached hydrogens (tertiary/aromatic N) is 2. The quantitative estimate of drug-likeness (QED) is 0.727. The van der Waals surface area contributed by atoms with Crippen molar-refractivity contribution >= 4 is 33.5 Å². The van der Waals surface area contributed by atoms with Crippen LogP contribution in [0.4, 0.5) is 4.79 Å². The average molecular weight is 380 g/mol. The summed E-state index contributed by atoms with van der Waals surface area (Å²) in [6, 6.07) is 14.8. The number of hydrogen-bond donors (Lipinski definition) is 2. The lowest BCUT2D eigenvalue weighted by Crippen LogP contribution is -2.30. The van der Waals surface area contributed by atoms with Crippen molar-refractivity contribution < 1.29 is 9.59 Å². The molecule has 1 saturated heterocycles. The van der Waals surface area contributed by atoms with E-state index >= 15 is 0 Å². The second-order valence-electron chi connectivity index (χ2n) is 6.59. The van der Waals surface area contributed by atoms with Gasteiger partial charge in [0.05, 0.1) is 16.3 Å². The number of thiazole rings is 1. The Morgan fingerprint density at radius 3 is 2.70 bits per heavy atom. The van der Waals surface area contributed by atoms with Crippen LogP contribution in [0.25, 0.3) is 10.2 Å². The first-order valence-electron chi connectivity index (χ1n) is 8.90. The maximum atomic E-state index is 13.0. The number of nitrogens with two attached hydrogens (primary N) is 1. The van der Waals surface area contributed by atoms with Crippen LogP contribution in [-0.4, -0.2) is 28.4 Å². The maximum Gasteiger partial charge on any atom is 0.312 e. The molecule has 1 fully saturated rings. The minimum absolute atomic E-state index is 0.0196. The zero-order valence-corrected chi connectivity index (χ0v) is 15.5. The molecule has 138 valence electrons. The Morgan fingerprint density at radius 2 is 1.96 bits per heavy atom. The normalized spacial score (nSPS) is 16.6. The summed E-state index contributed by atoms with van der Waals surface area (Å²) in [4.78, 5) is 30.5. The van der Waals surface area contributed by atoms with Gasteiger partial charge in [-0.05, 0) is 42.7 Å². The van der Waals surface area contributed by atoms with Gasteiger partial charge < -0.3 is 16.0 Å². The van der Waals surface area contributed by atoms with Gasteiger partial charge in [0.2, 0.25) is 0 Å². The standard InChI is InChI=1S/C20H20N4O2S/c21-20(26)22-12-13-7-9-14(10-8-13)19(25)24-11-3-5-16(24)18-23-15-4-1-2-6-17(15)27-18/h1-2,4,6-10,16H,3,5,11-12H2,(H3,21,22,26)/t16-/m0/s1. The van der Waals surface area contributed by atoms with Crippen molar-refractivity contribution in [3.63, 3.8) is 0 Å². The first-order valence-corrected chi connectivity index (χ1v) is 9.72. The Kier molecular flexibility index (Phi) is 4.77. The molecule has 3 N–H and O–H groups in total. The van der Waals surface area contributed by atoms with Crippen LogP contribution in [0.2, 0.25) is 0 Å². The van der Waals surface area contributed by atoms with Gasteiger partial charge in [0.25, 0.3) is 5.91 Å². The first-order chi connectivity index (χ1) is 13.1. The topological polar surface area (TPSA) is 88.3 Å². The van der Waals surface area contributed by atoms with Crippen LogP contribution < -0.4 is 11.1 Å². The van der Waals surface area contributed by atoms with E-state index in [-0.39, 0.29) is 11.9 Å². The second kappa shape index (κ2) is 7.36. The molecule has 3 amide bonds. The van der Waals surface area contributed by atoms with Crippen molar-refractivity contribution in [1.82, 2.24) is 15.2 Å². The fourth-order valence-electron chi connectivity index (χ4n) is 3.42.